The van der Waals surface area contributed by atoms with E-state index in [0.717, 1.165) is 9.32 Å². The topological polar surface area (TPSA) is 66.4 Å². The molecule has 2 aromatic carbocycles. The first-order chi connectivity index (χ1) is 10.7. The van der Waals surface area contributed by atoms with E-state index in [-0.39, 0.29) is 0 Å². The Balaban J connectivity index is 1.90. The maximum absolute atomic E-state index is 12.0. The molecule has 108 valence electrons. The summed E-state index contributed by atoms with van der Waals surface area (Å²) in [6.45, 7) is 0. The number of fused-ring (bicyclic) bond motifs is 3. The van der Waals surface area contributed by atoms with Gasteiger partial charge in [0, 0.05) is 17.2 Å². The molecule has 2 aromatic heterocycles. The molecule has 0 unspecified atom stereocenters. The van der Waals surface area contributed by atoms with Crippen LogP contribution in [0.2, 0.25) is 0 Å². The van der Waals surface area contributed by atoms with E-state index < -0.39 is 0 Å². The maximum Gasteiger partial charge on any atom is 0.270 e. The molecule has 0 spiro atoms. The highest BCUT2D eigenvalue weighted by Crippen LogP contribution is 2.25. The molecular formula is C15H9IN4O2. The second-order valence-corrected chi connectivity index (χ2v) is 5.83. The van der Waals surface area contributed by atoms with Gasteiger partial charge in [0.15, 0.2) is 0 Å². The standard InChI is InChI=1S/C15H9IN4O2/c16-12-9-17-19-14-8-11(22-10-4-2-1-3-5-10)6-7-13(14)20(21)18-15(12)19/h1-9H. The number of para-hydroxylation sites is 1. The molecule has 0 aliphatic carbocycles. The number of halogens is 1. The second kappa shape index (κ2) is 5.09. The van der Waals surface area contributed by atoms with Gasteiger partial charge in [-0.05, 0) is 45.6 Å². The second-order valence-electron chi connectivity index (χ2n) is 4.67. The fourth-order valence-corrected chi connectivity index (χ4v) is 2.71. The number of hydrogen-bond acceptors (Lipinski definition) is 4. The Labute approximate surface area is 138 Å². The van der Waals surface area contributed by atoms with Crippen LogP contribution in [0.5, 0.6) is 11.5 Å². The SMILES string of the molecule is [O-][n+]1nc2c(I)cnn2c2cc(Oc3ccccc3)ccc21. The van der Waals surface area contributed by atoms with Crippen LogP contribution in [0.15, 0.2) is 54.7 Å². The summed E-state index contributed by atoms with van der Waals surface area (Å²) in [5.74, 6) is 1.37. The Bertz CT molecular complexity index is 985. The van der Waals surface area contributed by atoms with Crippen molar-refractivity contribution in [1.82, 2.24) is 14.7 Å². The van der Waals surface area contributed by atoms with Crippen molar-refractivity contribution in [3.8, 4) is 11.5 Å². The minimum absolute atomic E-state index is 0.437. The van der Waals surface area contributed by atoms with Crippen LogP contribution in [-0.2, 0) is 0 Å². The zero-order valence-corrected chi connectivity index (χ0v) is 13.3. The molecule has 22 heavy (non-hydrogen) atoms. The van der Waals surface area contributed by atoms with Crippen molar-refractivity contribution in [2.24, 2.45) is 0 Å². The summed E-state index contributed by atoms with van der Waals surface area (Å²) in [4.78, 5) is 0.612. The largest absolute Gasteiger partial charge is 0.594 e. The predicted molar refractivity (Wildman–Crippen MR) is 88.7 cm³/mol. The summed E-state index contributed by atoms with van der Waals surface area (Å²) in [6, 6.07) is 14.7. The van der Waals surface area contributed by atoms with Gasteiger partial charge in [0.2, 0.25) is 5.65 Å². The van der Waals surface area contributed by atoms with Gasteiger partial charge in [0.1, 0.15) is 17.0 Å². The first kappa shape index (κ1) is 13.3. The van der Waals surface area contributed by atoms with E-state index in [9.17, 15) is 5.21 Å². The Morgan fingerprint density at radius 3 is 2.73 bits per heavy atom. The smallest absolute Gasteiger partial charge is 0.270 e. The molecule has 0 radical (unpaired) electrons. The molecule has 4 aromatic rings. The third kappa shape index (κ3) is 2.13. The van der Waals surface area contributed by atoms with Gasteiger partial charge in [-0.3, -0.25) is 0 Å². The van der Waals surface area contributed by atoms with E-state index in [0.29, 0.717) is 27.3 Å². The molecule has 0 atom stereocenters. The van der Waals surface area contributed by atoms with E-state index in [4.69, 9.17) is 4.74 Å². The first-order valence-corrected chi connectivity index (χ1v) is 7.60. The van der Waals surface area contributed by atoms with Gasteiger partial charge in [-0.15, -0.1) is 0 Å². The number of aromatic nitrogens is 4. The molecule has 6 nitrogen and oxygen atoms in total. The van der Waals surface area contributed by atoms with E-state index in [1.807, 2.05) is 30.3 Å². The van der Waals surface area contributed by atoms with E-state index in [2.05, 4.69) is 32.8 Å². The Kier molecular flexibility index (Phi) is 3.07. The van der Waals surface area contributed by atoms with Crippen molar-refractivity contribution >= 4 is 39.3 Å². The van der Waals surface area contributed by atoms with Crippen molar-refractivity contribution in [3.05, 3.63) is 63.5 Å². The van der Waals surface area contributed by atoms with Crippen molar-refractivity contribution in [3.63, 3.8) is 0 Å². The normalized spacial score (nSPS) is 11.1. The Hall–Kier alpha value is -2.42. The average molecular weight is 404 g/mol. The molecule has 4 rings (SSSR count). The zero-order valence-electron chi connectivity index (χ0n) is 11.2. The van der Waals surface area contributed by atoms with Crippen LogP contribution in [0, 0.1) is 8.78 Å². The lowest BCUT2D eigenvalue weighted by molar-refractivity contribution is -0.640. The molecule has 7 heteroatoms. The number of ether oxygens (including phenoxy) is 1. The van der Waals surface area contributed by atoms with Crippen molar-refractivity contribution < 1.29 is 9.58 Å². The van der Waals surface area contributed by atoms with Gasteiger partial charge >= 0.3 is 0 Å². The highest BCUT2D eigenvalue weighted by Gasteiger charge is 2.15. The van der Waals surface area contributed by atoms with Crippen LogP contribution in [0.25, 0.3) is 16.7 Å². The zero-order chi connectivity index (χ0) is 15.1. The van der Waals surface area contributed by atoms with Gasteiger partial charge in [-0.1, -0.05) is 18.2 Å². The summed E-state index contributed by atoms with van der Waals surface area (Å²) >= 11 is 2.10. The molecule has 0 bridgehead atoms. The minimum Gasteiger partial charge on any atom is -0.594 e. The van der Waals surface area contributed by atoms with Gasteiger partial charge in [-0.25, -0.2) is 4.52 Å². The van der Waals surface area contributed by atoms with Gasteiger partial charge in [-0.2, -0.15) is 5.10 Å². The molecule has 0 aliphatic heterocycles. The van der Waals surface area contributed by atoms with Crippen LogP contribution < -0.4 is 9.58 Å². The lowest BCUT2D eigenvalue weighted by atomic mass is 10.3. The minimum atomic E-state index is 0.437. The lowest BCUT2D eigenvalue weighted by Gasteiger charge is -2.07. The van der Waals surface area contributed by atoms with Crippen molar-refractivity contribution in [1.29, 1.82) is 0 Å². The van der Waals surface area contributed by atoms with Crippen molar-refractivity contribution in [2.45, 2.75) is 0 Å². The molecular weight excluding hydrogens is 395 g/mol. The fraction of sp³-hybridized carbons (Fsp3) is 0. The number of rotatable bonds is 2. The number of benzene rings is 2. The fourth-order valence-electron chi connectivity index (χ4n) is 2.25. The van der Waals surface area contributed by atoms with E-state index in [1.54, 1.807) is 28.9 Å². The van der Waals surface area contributed by atoms with Crippen molar-refractivity contribution in [2.75, 3.05) is 0 Å². The quantitative estimate of drug-likeness (QED) is 0.293. The predicted octanol–water partition coefficient (Wildman–Crippen LogP) is 2.91. The van der Waals surface area contributed by atoms with E-state index >= 15 is 0 Å². The molecule has 2 heterocycles. The Morgan fingerprint density at radius 2 is 1.91 bits per heavy atom. The average Bonchev–Trinajstić information content (AvgIpc) is 2.90. The van der Waals surface area contributed by atoms with Gasteiger partial charge in [0.25, 0.3) is 5.52 Å². The summed E-state index contributed by atoms with van der Waals surface area (Å²) in [7, 11) is 0. The molecule has 0 aliphatic rings. The summed E-state index contributed by atoms with van der Waals surface area (Å²) in [5.41, 5.74) is 1.61. The third-order valence-corrected chi connectivity index (χ3v) is 4.01. The van der Waals surface area contributed by atoms with Gasteiger partial charge < -0.3 is 9.94 Å². The van der Waals surface area contributed by atoms with Crippen LogP contribution in [0.1, 0.15) is 0 Å². The van der Waals surface area contributed by atoms with Crippen LogP contribution >= 0.6 is 22.6 Å². The van der Waals surface area contributed by atoms with Gasteiger partial charge in [0.05, 0.1) is 9.77 Å². The number of hydrogen-bond donors (Lipinski definition) is 0. The summed E-state index contributed by atoms with van der Waals surface area (Å²) < 4.78 is 8.27. The highest BCUT2D eigenvalue weighted by molar-refractivity contribution is 14.1. The van der Waals surface area contributed by atoms with Crippen LogP contribution in [0.3, 0.4) is 0 Å². The summed E-state index contributed by atoms with van der Waals surface area (Å²) in [6.07, 6.45) is 1.67. The van der Waals surface area contributed by atoms with E-state index in [1.165, 1.54) is 0 Å². The molecule has 0 amide bonds. The third-order valence-electron chi connectivity index (χ3n) is 3.25. The van der Waals surface area contributed by atoms with Crippen LogP contribution in [-0.4, -0.2) is 14.7 Å². The van der Waals surface area contributed by atoms with Crippen LogP contribution in [0.4, 0.5) is 0 Å². The molecule has 0 saturated heterocycles. The first-order valence-electron chi connectivity index (χ1n) is 6.52. The Morgan fingerprint density at radius 1 is 1.09 bits per heavy atom. The lowest BCUT2D eigenvalue weighted by Crippen LogP contribution is -2.33. The molecule has 0 saturated carbocycles. The molecule has 0 N–H and O–H groups in total. The highest BCUT2D eigenvalue weighted by atomic mass is 127. The number of nitrogens with zero attached hydrogens (tertiary/aromatic N) is 4. The monoisotopic (exact) mass is 404 g/mol. The maximum atomic E-state index is 12.0. The molecule has 0 fully saturated rings. The summed E-state index contributed by atoms with van der Waals surface area (Å²) in [5, 5.41) is 20.3.